The number of aliphatic carboxylic acids is 1. The number of carboxylic acid groups (broad SMARTS) is 1. The number of nitrogens with zero attached hydrogens (tertiary/aromatic N) is 1. The van der Waals surface area contributed by atoms with E-state index in [0.29, 0.717) is 11.4 Å². The monoisotopic (exact) mass is 252 g/mol. The molecule has 0 radical (unpaired) electrons. The summed E-state index contributed by atoms with van der Waals surface area (Å²) >= 11 is 0. The maximum atomic E-state index is 11.2. The minimum Gasteiger partial charge on any atom is -0.480 e. The normalized spacial score (nSPS) is 27.5. The zero-order valence-corrected chi connectivity index (χ0v) is 9.95. The van der Waals surface area contributed by atoms with E-state index in [-0.39, 0.29) is 6.54 Å². The molecule has 0 aliphatic carbocycles. The van der Waals surface area contributed by atoms with Crippen LogP contribution in [0.5, 0.6) is 0 Å². The molecular weight excluding hydrogens is 236 g/mol. The standard InChI is InChI=1S/C12H16N2O4/c1-6-4-7(2-3-8(6)13)14-5-9(15)11(16)10(14)12(17)18/h2-4,9-11,15-16H,5,13H2,1H3,(H,17,18). The van der Waals surface area contributed by atoms with Crippen molar-refractivity contribution in [1.82, 2.24) is 0 Å². The maximum Gasteiger partial charge on any atom is 0.329 e. The van der Waals surface area contributed by atoms with Crippen molar-refractivity contribution < 1.29 is 20.1 Å². The molecule has 1 fully saturated rings. The summed E-state index contributed by atoms with van der Waals surface area (Å²) in [6, 6.07) is 3.97. The van der Waals surface area contributed by atoms with Gasteiger partial charge in [-0.15, -0.1) is 0 Å². The number of nitrogen functional groups attached to an aromatic ring is 1. The van der Waals surface area contributed by atoms with E-state index in [1.165, 1.54) is 4.90 Å². The Morgan fingerprint density at radius 3 is 2.67 bits per heavy atom. The van der Waals surface area contributed by atoms with Crippen LogP contribution in [0.15, 0.2) is 18.2 Å². The molecule has 1 saturated heterocycles. The van der Waals surface area contributed by atoms with Crippen LogP contribution >= 0.6 is 0 Å². The van der Waals surface area contributed by atoms with Gasteiger partial charge < -0.3 is 26.0 Å². The molecule has 0 spiro atoms. The summed E-state index contributed by atoms with van der Waals surface area (Å²) in [5.74, 6) is -1.16. The second-order valence-corrected chi connectivity index (χ2v) is 4.53. The fourth-order valence-corrected chi connectivity index (χ4v) is 2.20. The quantitative estimate of drug-likeness (QED) is 0.532. The summed E-state index contributed by atoms with van der Waals surface area (Å²) in [5.41, 5.74) is 7.78. The fraction of sp³-hybridized carbons (Fsp3) is 0.417. The molecule has 0 aromatic heterocycles. The lowest BCUT2D eigenvalue weighted by Gasteiger charge is -2.24. The number of β-amino-alcohol motifs (C(OH)–C–C–N with tert-alkyl or cyclic N) is 1. The maximum absolute atomic E-state index is 11.2. The van der Waals surface area contributed by atoms with Crippen molar-refractivity contribution in [2.75, 3.05) is 17.2 Å². The van der Waals surface area contributed by atoms with Crippen molar-refractivity contribution >= 4 is 17.3 Å². The summed E-state index contributed by atoms with van der Waals surface area (Å²) in [6.07, 6.45) is -2.36. The van der Waals surface area contributed by atoms with Crippen LogP contribution in [0.1, 0.15) is 5.56 Å². The van der Waals surface area contributed by atoms with Crippen LogP contribution in [0, 0.1) is 6.92 Å². The Balaban J connectivity index is 2.36. The van der Waals surface area contributed by atoms with Crippen LogP contribution in [0.4, 0.5) is 11.4 Å². The first kappa shape index (κ1) is 12.7. The number of aliphatic hydroxyl groups excluding tert-OH is 2. The first-order chi connectivity index (χ1) is 8.41. The summed E-state index contributed by atoms with van der Waals surface area (Å²) < 4.78 is 0. The van der Waals surface area contributed by atoms with E-state index in [9.17, 15) is 15.0 Å². The van der Waals surface area contributed by atoms with Crippen molar-refractivity contribution in [2.45, 2.75) is 25.2 Å². The SMILES string of the molecule is Cc1cc(N2CC(O)C(O)C2C(=O)O)ccc1N. The van der Waals surface area contributed by atoms with Crippen LogP contribution in [-0.2, 0) is 4.79 Å². The molecule has 0 bridgehead atoms. The third-order valence-corrected chi connectivity index (χ3v) is 3.28. The molecule has 0 saturated carbocycles. The van der Waals surface area contributed by atoms with Crippen LogP contribution < -0.4 is 10.6 Å². The van der Waals surface area contributed by atoms with Crippen LogP contribution in [-0.4, -0.2) is 46.1 Å². The Bertz CT molecular complexity index is 477. The van der Waals surface area contributed by atoms with E-state index < -0.39 is 24.2 Å². The van der Waals surface area contributed by atoms with Gasteiger partial charge in [-0.1, -0.05) is 0 Å². The second kappa shape index (κ2) is 4.47. The van der Waals surface area contributed by atoms with Gasteiger partial charge in [-0.05, 0) is 30.7 Å². The van der Waals surface area contributed by atoms with E-state index >= 15 is 0 Å². The van der Waals surface area contributed by atoms with E-state index in [2.05, 4.69) is 0 Å². The Labute approximate surface area is 104 Å². The number of rotatable bonds is 2. The van der Waals surface area contributed by atoms with Crippen molar-refractivity contribution in [1.29, 1.82) is 0 Å². The van der Waals surface area contributed by atoms with E-state index in [1.807, 2.05) is 6.92 Å². The predicted molar refractivity (Wildman–Crippen MR) is 66.4 cm³/mol. The molecular formula is C12H16N2O4. The number of anilines is 2. The van der Waals surface area contributed by atoms with Gasteiger partial charge in [0.2, 0.25) is 0 Å². The van der Waals surface area contributed by atoms with Crippen LogP contribution in [0.3, 0.4) is 0 Å². The molecule has 1 aromatic carbocycles. The molecule has 2 rings (SSSR count). The van der Waals surface area contributed by atoms with Crippen molar-refractivity contribution in [3.63, 3.8) is 0 Å². The Morgan fingerprint density at radius 1 is 1.44 bits per heavy atom. The molecule has 6 nitrogen and oxygen atoms in total. The zero-order valence-electron chi connectivity index (χ0n) is 9.95. The van der Waals surface area contributed by atoms with E-state index in [4.69, 9.17) is 10.8 Å². The first-order valence-corrected chi connectivity index (χ1v) is 5.63. The second-order valence-electron chi connectivity index (χ2n) is 4.53. The largest absolute Gasteiger partial charge is 0.480 e. The summed E-state index contributed by atoms with van der Waals surface area (Å²) in [4.78, 5) is 12.6. The minimum absolute atomic E-state index is 0.0848. The highest BCUT2D eigenvalue weighted by Crippen LogP contribution is 2.28. The molecule has 1 heterocycles. The topological polar surface area (TPSA) is 107 Å². The number of benzene rings is 1. The molecule has 18 heavy (non-hydrogen) atoms. The number of aryl methyl sites for hydroxylation is 1. The van der Waals surface area contributed by atoms with E-state index in [0.717, 1.165) is 5.56 Å². The summed E-state index contributed by atoms with van der Waals surface area (Å²) in [5, 5.41) is 28.4. The first-order valence-electron chi connectivity index (χ1n) is 5.63. The molecule has 1 aliphatic heterocycles. The minimum atomic E-state index is -1.29. The van der Waals surface area contributed by atoms with Crippen LogP contribution in [0.2, 0.25) is 0 Å². The number of carbonyl (C=O) groups is 1. The highest BCUT2D eigenvalue weighted by molar-refractivity contribution is 5.80. The van der Waals surface area contributed by atoms with Crippen molar-refractivity contribution in [2.24, 2.45) is 0 Å². The highest BCUT2D eigenvalue weighted by Gasteiger charge is 2.44. The molecule has 3 atom stereocenters. The Hall–Kier alpha value is -1.79. The van der Waals surface area contributed by atoms with Gasteiger partial charge in [-0.3, -0.25) is 0 Å². The molecule has 0 amide bonds. The van der Waals surface area contributed by atoms with Crippen LogP contribution in [0.25, 0.3) is 0 Å². The van der Waals surface area contributed by atoms with Gasteiger partial charge in [-0.25, -0.2) is 4.79 Å². The number of hydrogen-bond donors (Lipinski definition) is 4. The van der Waals surface area contributed by atoms with Gasteiger partial charge in [-0.2, -0.15) is 0 Å². The molecule has 98 valence electrons. The summed E-state index contributed by atoms with van der Waals surface area (Å²) in [6.45, 7) is 1.90. The lowest BCUT2D eigenvalue weighted by atomic mass is 10.1. The molecule has 1 aliphatic rings. The third-order valence-electron chi connectivity index (χ3n) is 3.28. The van der Waals surface area contributed by atoms with Crippen molar-refractivity contribution in [3.05, 3.63) is 23.8 Å². The van der Waals surface area contributed by atoms with Gasteiger partial charge >= 0.3 is 5.97 Å². The van der Waals surface area contributed by atoms with Crippen molar-refractivity contribution in [3.8, 4) is 0 Å². The lowest BCUT2D eigenvalue weighted by Crippen LogP contribution is -2.42. The van der Waals surface area contributed by atoms with Gasteiger partial charge in [0.1, 0.15) is 6.10 Å². The van der Waals surface area contributed by atoms with Gasteiger partial charge in [0.15, 0.2) is 6.04 Å². The van der Waals surface area contributed by atoms with Gasteiger partial charge in [0, 0.05) is 17.9 Å². The Morgan fingerprint density at radius 2 is 2.11 bits per heavy atom. The fourth-order valence-electron chi connectivity index (χ4n) is 2.20. The highest BCUT2D eigenvalue weighted by atomic mass is 16.4. The average Bonchev–Trinajstić information content (AvgIpc) is 2.59. The average molecular weight is 252 g/mol. The molecule has 5 N–H and O–H groups in total. The van der Waals surface area contributed by atoms with E-state index in [1.54, 1.807) is 18.2 Å². The number of hydrogen-bond acceptors (Lipinski definition) is 5. The van der Waals surface area contributed by atoms with Gasteiger partial charge in [0.05, 0.1) is 6.10 Å². The number of aliphatic hydroxyl groups is 2. The smallest absolute Gasteiger partial charge is 0.329 e. The lowest BCUT2D eigenvalue weighted by molar-refractivity contribution is -0.141. The van der Waals surface area contributed by atoms with Gasteiger partial charge in [0.25, 0.3) is 0 Å². The molecule has 1 aromatic rings. The predicted octanol–water partition coefficient (Wildman–Crippen LogP) is -0.428. The number of carboxylic acids is 1. The Kier molecular flexibility index (Phi) is 3.14. The number of nitrogens with two attached hydrogens (primary N) is 1. The third kappa shape index (κ3) is 2.00. The molecule has 3 unspecified atom stereocenters. The summed E-state index contributed by atoms with van der Waals surface area (Å²) in [7, 11) is 0. The zero-order chi connectivity index (χ0) is 13.4. The molecule has 6 heteroatoms.